The maximum atomic E-state index is 14.3. The molecule has 0 aromatic heterocycles. The van der Waals surface area contributed by atoms with Gasteiger partial charge in [0.15, 0.2) is 9.75 Å². The second kappa shape index (κ2) is 9.19. The van der Waals surface area contributed by atoms with Gasteiger partial charge in [0.25, 0.3) is 11.8 Å². The van der Waals surface area contributed by atoms with E-state index in [0.717, 1.165) is 21.9 Å². The molecule has 0 radical (unpaired) electrons. The number of hydrogen-bond donors (Lipinski definition) is 1. The van der Waals surface area contributed by atoms with Crippen molar-refractivity contribution in [3.8, 4) is 17.2 Å². The number of carbonyl (C=O) groups is 4. The number of anilines is 1. The zero-order valence-corrected chi connectivity index (χ0v) is 23.7. The highest BCUT2D eigenvalue weighted by Crippen LogP contribution is 2.67. The van der Waals surface area contributed by atoms with E-state index < -0.39 is 57.0 Å². The van der Waals surface area contributed by atoms with Crippen molar-refractivity contribution >= 4 is 52.5 Å². The number of phenolic OH excluding ortho intramolecular Hbond substituents is 1. The Morgan fingerprint density at radius 2 is 1.66 bits per heavy atom. The van der Waals surface area contributed by atoms with Gasteiger partial charge in [0, 0.05) is 30.7 Å². The molecule has 6 rings (SSSR count). The number of imide groups is 2. The Hall–Kier alpha value is -3.63. The largest absolute Gasteiger partial charge is 0.507 e. The van der Waals surface area contributed by atoms with E-state index in [1.165, 1.54) is 45.5 Å². The molecule has 2 saturated heterocycles. The van der Waals surface area contributed by atoms with Gasteiger partial charge in [-0.15, -0.1) is 23.2 Å². The standard InChI is InChI=1S/C29H25Cl2FN2O7/c1-33-24(36)17-9-8-16-18(21(17)25(33)37)12-28(30)26(38)34(14-6-4-13(32)5-7-14)27(39)29(28,31)23(16)22-19(35)10-15(40-2)11-20(22)41-3/h4-8,10-11,17-18,21,23,35H,9,12H2,1-3H3. The number of likely N-dealkylation sites (tertiary alicyclic amines) is 1. The molecule has 2 aromatic carbocycles. The monoisotopic (exact) mass is 602 g/mol. The molecule has 41 heavy (non-hydrogen) atoms. The molecule has 4 aliphatic rings. The molecule has 214 valence electrons. The molecule has 2 aliphatic heterocycles. The first-order valence-corrected chi connectivity index (χ1v) is 13.6. The summed E-state index contributed by atoms with van der Waals surface area (Å²) >= 11 is 14.6. The molecule has 1 N–H and O–H groups in total. The Kier molecular flexibility index (Phi) is 6.17. The van der Waals surface area contributed by atoms with Gasteiger partial charge in [-0.2, -0.15) is 0 Å². The third-order valence-electron chi connectivity index (χ3n) is 8.95. The lowest BCUT2D eigenvalue weighted by atomic mass is 9.56. The van der Waals surface area contributed by atoms with E-state index in [1.807, 2.05) is 0 Å². The predicted molar refractivity (Wildman–Crippen MR) is 146 cm³/mol. The van der Waals surface area contributed by atoms with Gasteiger partial charge in [-0.3, -0.25) is 24.1 Å². The van der Waals surface area contributed by atoms with Crippen LogP contribution in [0, 0.1) is 23.6 Å². The van der Waals surface area contributed by atoms with Crippen LogP contribution >= 0.6 is 23.2 Å². The summed E-state index contributed by atoms with van der Waals surface area (Å²) in [6.45, 7) is 0. The quantitative estimate of drug-likeness (QED) is 0.322. The topological polar surface area (TPSA) is 113 Å². The molecule has 0 spiro atoms. The van der Waals surface area contributed by atoms with E-state index in [0.29, 0.717) is 5.57 Å². The lowest BCUT2D eigenvalue weighted by Gasteiger charge is -2.50. The van der Waals surface area contributed by atoms with Crippen molar-refractivity contribution in [3.05, 3.63) is 59.4 Å². The smallest absolute Gasteiger partial charge is 0.258 e. The van der Waals surface area contributed by atoms with Crippen LogP contribution in [0.5, 0.6) is 17.2 Å². The first-order chi connectivity index (χ1) is 19.4. The van der Waals surface area contributed by atoms with Crippen molar-refractivity contribution in [1.29, 1.82) is 0 Å². The van der Waals surface area contributed by atoms with Gasteiger partial charge in [0.1, 0.15) is 23.1 Å². The first kappa shape index (κ1) is 27.5. The van der Waals surface area contributed by atoms with Gasteiger partial charge in [-0.25, -0.2) is 9.29 Å². The number of carbonyl (C=O) groups excluding carboxylic acids is 4. The highest BCUT2D eigenvalue weighted by atomic mass is 35.5. The molecule has 12 heteroatoms. The average molecular weight is 603 g/mol. The van der Waals surface area contributed by atoms with Gasteiger partial charge in [-0.05, 0) is 43.0 Å². The normalized spacial score (nSPS) is 32.5. The summed E-state index contributed by atoms with van der Waals surface area (Å²) in [6, 6.07) is 7.54. The number of fused-ring (bicyclic) bond motifs is 4. The van der Waals surface area contributed by atoms with Crippen LogP contribution in [0.15, 0.2) is 48.0 Å². The molecular weight excluding hydrogens is 578 g/mol. The Bertz CT molecular complexity index is 1560. The van der Waals surface area contributed by atoms with E-state index >= 15 is 0 Å². The summed E-state index contributed by atoms with van der Waals surface area (Å²) in [5.74, 6) is -6.56. The summed E-state index contributed by atoms with van der Waals surface area (Å²) in [7, 11) is 4.17. The van der Waals surface area contributed by atoms with E-state index in [-0.39, 0.29) is 47.2 Å². The highest BCUT2D eigenvalue weighted by Gasteiger charge is 2.77. The Morgan fingerprint density at radius 1 is 0.976 bits per heavy atom. The molecular formula is C29H25Cl2FN2O7. The predicted octanol–water partition coefficient (Wildman–Crippen LogP) is 3.74. The van der Waals surface area contributed by atoms with E-state index in [4.69, 9.17) is 32.7 Å². The van der Waals surface area contributed by atoms with Crippen molar-refractivity contribution in [2.24, 2.45) is 17.8 Å². The van der Waals surface area contributed by atoms with Gasteiger partial charge >= 0.3 is 0 Å². The molecule has 6 unspecified atom stereocenters. The molecule has 9 nitrogen and oxygen atoms in total. The molecule has 4 amide bonds. The van der Waals surface area contributed by atoms with Crippen LogP contribution in [0.3, 0.4) is 0 Å². The van der Waals surface area contributed by atoms with Crippen LogP contribution in [0.4, 0.5) is 10.1 Å². The summed E-state index contributed by atoms with van der Waals surface area (Å²) in [6.07, 6.45) is 1.71. The molecule has 2 aromatic rings. The zero-order valence-electron chi connectivity index (χ0n) is 22.2. The number of alkyl halides is 2. The van der Waals surface area contributed by atoms with Crippen molar-refractivity contribution in [1.82, 2.24) is 4.90 Å². The number of amides is 4. The first-order valence-electron chi connectivity index (χ1n) is 12.9. The summed E-state index contributed by atoms with van der Waals surface area (Å²) in [5.41, 5.74) is 0.631. The Balaban J connectivity index is 1.62. The minimum absolute atomic E-state index is 0.0576. The molecule has 1 saturated carbocycles. The highest BCUT2D eigenvalue weighted by molar-refractivity contribution is 6.58. The number of rotatable bonds is 4. The summed E-state index contributed by atoms with van der Waals surface area (Å²) < 4.78 is 24.6. The fourth-order valence-electron chi connectivity index (χ4n) is 7.04. The molecule has 2 heterocycles. The van der Waals surface area contributed by atoms with Crippen LogP contribution in [-0.4, -0.2) is 64.7 Å². The van der Waals surface area contributed by atoms with Gasteiger partial charge in [0.05, 0.1) is 31.7 Å². The minimum Gasteiger partial charge on any atom is -0.507 e. The van der Waals surface area contributed by atoms with Gasteiger partial charge < -0.3 is 14.6 Å². The zero-order chi connectivity index (χ0) is 29.6. The Labute approximate surface area is 244 Å². The fraction of sp³-hybridized carbons (Fsp3) is 0.379. The Morgan fingerprint density at radius 3 is 2.29 bits per heavy atom. The van der Waals surface area contributed by atoms with Crippen LogP contribution < -0.4 is 14.4 Å². The van der Waals surface area contributed by atoms with Crippen LogP contribution in [-0.2, 0) is 19.2 Å². The minimum atomic E-state index is -2.20. The van der Waals surface area contributed by atoms with Crippen molar-refractivity contribution in [3.63, 3.8) is 0 Å². The van der Waals surface area contributed by atoms with Crippen LogP contribution in [0.2, 0.25) is 0 Å². The number of nitrogens with zero attached hydrogens (tertiary/aromatic N) is 2. The fourth-order valence-corrected chi connectivity index (χ4v) is 7.96. The maximum absolute atomic E-state index is 14.3. The second-order valence-electron chi connectivity index (χ2n) is 10.7. The second-order valence-corrected chi connectivity index (χ2v) is 12.0. The number of methoxy groups -OCH3 is 2. The molecule has 6 atom stereocenters. The van der Waals surface area contributed by atoms with Gasteiger partial charge in [-0.1, -0.05) is 11.6 Å². The third kappa shape index (κ3) is 3.46. The van der Waals surface area contributed by atoms with E-state index in [1.54, 1.807) is 6.08 Å². The van der Waals surface area contributed by atoms with E-state index in [9.17, 15) is 28.7 Å². The third-order valence-corrected chi connectivity index (χ3v) is 10.4. The molecule has 3 fully saturated rings. The number of aromatic hydroxyl groups is 1. The number of halogens is 3. The van der Waals surface area contributed by atoms with Crippen molar-refractivity contribution in [2.45, 2.75) is 28.5 Å². The molecule has 2 aliphatic carbocycles. The summed E-state index contributed by atoms with van der Waals surface area (Å²) in [5, 5.41) is 11.3. The number of phenols is 1. The van der Waals surface area contributed by atoms with Crippen molar-refractivity contribution < 1.29 is 38.1 Å². The number of ether oxygens (including phenoxy) is 2. The van der Waals surface area contributed by atoms with Crippen LogP contribution in [0.1, 0.15) is 24.3 Å². The number of benzene rings is 2. The average Bonchev–Trinajstić information content (AvgIpc) is 3.26. The van der Waals surface area contributed by atoms with Crippen LogP contribution in [0.25, 0.3) is 0 Å². The number of allylic oxidation sites excluding steroid dienone is 2. The number of hydrogen-bond acceptors (Lipinski definition) is 7. The molecule has 0 bridgehead atoms. The van der Waals surface area contributed by atoms with E-state index in [2.05, 4.69) is 0 Å². The van der Waals surface area contributed by atoms with Gasteiger partial charge in [0.2, 0.25) is 11.8 Å². The lowest BCUT2D eigenvalue weighted by molar-refractivity contribution is -0.138. The lowest BCUT2D eigenvalue weighted by Crippen LogP contribution is -2.60. The maximum Gasteiger partial charge on any atom is 0.258 e. The van der Waals surface area contributed by atoms with Crippen molar-refractivity contribution in [2.75, 3.05) is 26.2 Å². The SMILES string of the molecule is COc1cc(O)c(C2C3=CCC4C(=O)N(C)C(=O)C4C3CC3(Cl)C(=O)N(c4ccc(F)cc4)C(=O)C23Cl)c(OC)c1. The summed E-state index contributed by atoms with van der Waals surface area (Å²) in [4.78, 5) is 52.4.